The molecule has 2 aromatic heterocycles. The molecule has 27 heavy (non-hydrogen) atoms. The fourth-order valence-corrected chi connectivity index (χ4v) is 2.52. The minimum atomic E-state index is -4.39. The first kappa shape index (κ1) is 18.6. The van der Waals surface area contributed by atoms with E-state index < -0.39 is 17.6 Å². The summed E-state index contributed by atoms with van der Waals surface area (Å²) in [4.78, 5) is 22.6. The Morgan fingerprint density at radius 1 is 1.19 bits per heavy atom. The van der Waals surface area contributed by atoms with E-state index in [0.29, 0.717) is 22.4 Å². The summed E-state index contributed by atoms with van der Waals surface area (Å²) in [7, 11) is 5.32. The van der Waals surface area contributed by atoms with Crippen LogP contribution in [0.2, 0.25) is 0 Å². The first-order valence-corrected chi connectivity index (χ1v) is 7.98. The number of alkyl halides is 3. The third-order valence-electron chi connectivity index (χ3n) is 3.83. The number of anilines is 1. The molecule has 0 aliphatic rings. The molecule has 0 spiro atoms. The number of nitrogens with zero attached hydrogens (tertiary/aromatic N) is 5. The summed E-state index contributed by atoms with van der Waals surface area (Å²) >= 11 is 0. The number of amides is 1. The van der Waals surface area contributed by atoms with Crippen molar-refractivity contribution in [3.8, 4) is 0 Å². The second-order valence-corrected chi connectivity index (χ2v) is 6.18. The highest BCUT2D eigenvalue weighted by Crippen LogP contribution is 2.29. The van der Waals surface area contributed by atoms with Crippen LogP contribution in [0.3, 0.4) is 0 Å². The Morgan fingerprint density at radius 2 is 1.85 bits per heavy atom. The van der Waals surface area contributed by atoms with Crippen LogP contribution in [0.4, 0.5) is 19.0 Å². The van der Waals surface area contributed by atoms with Crippen LogP contribution in [0, 0.1) is 0 Å². The van der Waals surface area contributed by atoms with Gasteiger partial charge in [0, 0.05) is 33.9 Å². The molecule has 3 rings (SSSR count). The first-order chi connectivity index (χ1) is 12.6. The predicted octanol–water partition coefficient (Wildman–Crippen LogP) is 2.38. The average molecular weight is 378 g/mol. The maximum Gasteiger partial charge on any atom is 0.416 e. The van der Waals surface area contributed by atoms with E-state index in [1.807, 2.05) is 0 Å². The van der Waals surface area contributed by atoms with Gasteiger partial charge in [-0.2, -0.15) is 18.3 Å². The third kappa shape index (κ3) is 3.99. The lowest BCUT2D eigenvalue weighted by Crippen LogP contribution is -2.26. The molecule has 0 saturated heterocycles. The molecule has 0 atom stereocenters. The summed E-state index contributed by atoms with van der Waals surface area (Å²) in [6, 6.07) is 4.58. The molecule has 142 valence electrons. The van der Waals surface area contributed by atoms with Crippen LogP contribution in [0.25, 0.3) is 11.0 Å². The third-order valence-corrected chi connectivity index (χ3v) is 3.83. The minimum absolute atomic E-state index is 0.0535. The minimum Gasteiger partial charge on any atom is -0.362 e. The van der Waals surface area contributed by atoms with Crippen molar-refractivity contribution in [1.82, 2.24) is 25.1 Å². The Bertz CT molecular complexity index is 979. The Balaban J connectivity index is 1.78. The molecule has 0 aliphatic heterocycles. The molecule has 0 fully saturated rings. The number of rotatable bonds is 4. The van der Waals surface area contributed by atoms with Crippen LogP contribution in [-0.2, 0) is 19.8 Å². The number of aromatic nitrogens is 4. The summed E-state index contributed by atoms with van der Waals surface area (Å²) in [6.07, 6.45) is -2.63. The summed E-state index contributed by atoms with van der Waals surface area (Å²) in [5.74, 6) is -0.0462. The number of fused-ring (bicyclic) bond motifs is 1. The molecular weight excluding hydrogens is 361 g/mol. The van der Waals surface area contributed by atoms with E-state index in [4.69, 9.17) is 0 Å². The molecular formula is C17H17F3N6O. The summed E-state index contributed by atoms with van der Waals surface area (Å²) in [5.41, 5.74) is 0.177. The zero-order valence-corrected chi connectivity index (χ0v) is 14.9. The molecule has 0 radical (unpaired) electrons. The van der Waals surface area contributed by atoms with Crippen LogP contribution in [-0.4, -0.2) is 39.8 Å². The molecule has 7 nitrogen and oxygen atoms in total. The van der Waals surface area contributed by atoms with Crippen molar-refractivity contribution in [2.75, 3.05) is 19.0 Å². The van der Waals surface area contributed by atoms with Gasteiger partial charge in [0.1, 0.15) is 5.82 Å². The van der Waals surface area contributed by atoms with E-state index in [1.165, 1.54) is 12.1 Å². The SMILES string of the molecule is CN(C)c1nc(C(=O)NCc2ccc(C(F)(F)F)cc2)nc2nn(C)cc12. The van der Waals surface area contributed by atoms with E-state index >= 15 is 0 Å². The van der Waals surface area contributed by atoms with E-state index in [1.54, 1.807) is 36.9 Å². The largest absolute Gasteiger partial charge is 0.416 e. The zero-order chi connectivity index (χ0) is 19.8. The lowest BCUT2D eigenvalue weighted by atomic mass is 10.1. The van der Waals surface area contributed by atoms with Gasteiger partial charge in [-0.3, -0.25) is 9.48 Å². The molecule has 1 amide bonds. The van der Waals surface area contributed by atoms with Crippen molar-refractivity contribution < 1.29 is 18.0 Å². The van der Waals surface area contributed by atoms with Crippen molar-refractivity contribution in [2.24, 2.45) is 7.05 Å². The second-order valence-electron chi connectivity index (χ2n) is 6.18. The Morgan fingerprint density at radius 3 is 2.44 bits per heavy atom. The highest BCUT2D eigenvalue weighted by atomic mass is 19.4. The standard InChI is InChI=1S/C17H17F3N6O/c1-25(2)15-12-9-26(3)24-13(12)22-14(23-15)16(27)21-8-10-4-6-11(7-5-10)17(18,19)20/h4-7,9H,8H2,1-3H3,(H,21,27). The molecule has 1 aromatic carbocycles. The van der Waals surface area contributed by atoms with Gasteiger partial charge in [-0.1, -0.05) is 12.1 Å². The van der Waals surface area contributed by atoms with Gasteiger partial charge in [0.15, 0.2) is 5.65 Å². The molecule has 0 saturated carbocycles. The van der Waals surface area contributed by atoms with Crippen LogP contribution in [0.1, 0.15) is 21.7 Å². The van der Waals surface area contributed by atoms with Crippen molar-refractivity contribution in [3.63, 3.8) is 0 Å². The van der Waals surface area contributed by atoms with Gasteiger partial charge in [0.25, 0.3) is 5.91 Å². The van der Waals surface area contributed by atoms with Gasteiger partial charge in [0.2, 0.25) is 5.82 Å². The van der Waals surface area contributed by atoms with Crippen LogP contribution in [0.15, 0.2) is 30.5 Å². The van der Waals surface area contributed by atoms with E-state index in [9.17, 15) is 18.0 Å². The smallest absolute Gasteiger partial charge is 0.362 e. The second kappa shape index (κ2) is 6.86. The number of benzene rings is 1. The normalized spacial score (nSPS) is 11.6. The Labute approximate surface area is 152 Å². The highest BCUT2D eigenvalue weighted by Gasteiger charge is 2.29. The Kier molecular flexibility index (Phi) is 4.73. The van der Waals surface area contributed by atoms with Crippen molar-refractivity contribution >= 4 is 22.8 Å². The lowest BCUT2D eigenvalue weighted by molar-refractivity contribution is -0.137. The average Bonchev–Trinajstić information content (AvgIpc) is 2.98. The molecule has 0 unspecified atom stereocenters. The number of hydrogen-bond donors (Lipinski definition) is 1. The summed E-state index contributed by atoms with van der Waals surface area (Å²) < 4.78 is 39.3. The molecule has 3 aromatic rings. The molecule has 0 aliphatic carbocycles. The van der Waals surface area contributed by atoms with Gasteiger partial charge in [-0.15, -0.1) is 0 Å². The van der Waals surface area contributed by atoms with E-state index in [-0.39, 0.29) is 12.4 Å². The molecule has 2 heterocycles. The van der Waals surface area contributed by atoms with Gasteiger partial charge < -0.3 is 10.2 Å². The number of carbonyl (C=O) groups is 1. The fraction of sp³-hybridized carbons (Fsp3) is 0.294. The van der Waals surface area contributed by atoms with Gasteiger partial charge in [-0.05, 0) is 17.7 Å². The summed E-state index contributed by atoms with van der Waals surface area (Å²) in [5, 5.41) is 7.53. The highest BCUT2D eigenvalue weighted by molar-refractivity contribution is 5.95. The first-order valence-electron chi connectivity index (χ1n) is 7.98. The Hall–Kier alpha value is -3.17. The van der Waals surface area contributed by atoms with Gasteiger partial charge >= 0.3 is 6.18 Å². The van der Waals surface area contributed by atoms with Crippen molar-refractivity contribution in [2.45, 2.75) is 12.7 Å². The number of nitrogens with one attached hydrogen (secondary N) is 1. The fourth-order valence-electron chi connectivity index (χ4n) is 2.52. The zero-order valence-electron chi connectivity index (χ0n) is 14.9. The molecule has 0 bridgehead atoms. The van der Waals surface area contributed by atoms with Crippen molar-refractivity contribution in [1.29, 1.82) is 0 Å². The van der Waals surface area contributed by atoms with E-state index in [0.717, 1.165) is 12.1 Å². The summed E-state index contributed by atoms with van der Waals surface area (Å²) in [6.45, 7) is 0.0535. The molecule has 10 heteroatoms. The van der Waals surface area contributed by atoms with Crippen LogP contribution < -0.4 is 10.2 Å². The predicted molar refractivity (Wildman–Crippen MR) is 93.2 cm³/mol. The topological polar surface area (TPSA) is 75.9 Å². The van der Waals surface area contributed by atoms with Crippen LogP contribution in [0.5, 0.6) is 0 Å². The van der Waals surface area contributed by atoms with E-state index in [2.05, 4.69) is 20.4 Å². The van der Waals surface area contributed by atoms with Crippen molar-refractivity contribution in [3.05, 3.63) is 47.4 Å². The quantitative estimate of drug-likeness (QED) is 0.754. The van der Waals surface area contributed by atoms with Gasteiger partial charge in [-0.25, -0.2) is 9.97 Å². The van der Waals surface area contributed by atoms with Gasteiger partial charge in [0.05, 0.1) is 10.9 Å². The maximum absolute atomic E-state index is 12.6. The number of aryl methyl sites for hydroxylation is 1. The number of carbonyl (C=O) groups excluding carboxylic acids is 1. The van der Waals surface area contributed by atoms with Crippen LogP contribution >= 0.6 is 0 Å². The molecule has 1 N–H and O–H groups in total. The number of hydrogen-bond acceptors (Lipinski definition) is 5. The monoisotopic (exact) mass is 378 g/mol. The number of halogens is 3. The maximum atomic E-state index is 12.6. The lowest BCUT2D eigenvalue weighted by Gasteiger charge is -2.13.